The molecule has 0 saturated carbocycles. The fraction of sp³-hybridized carbons (Fsp3) is 0.438. The van der Waals surface area contributed by atoms with E-state index in [1.165, 1.54) is 22.3 Å². The van der Waals surface area contributed by atoms with E-state index >= 15 is 0 Å². The van der Waals surface area contributed by atoms with Crippen LogP contribution in [-0.2, 0) is 19.9 Å². The molecule has 2 rings (SSSR count). The number of hydrogen-bond acceptors (Lipinski definition) is 2. The van der Waals surface area contributed by atoms with Crippen molar-refractivity contribution in [3.05, 3.63) is 52.8 Å². The highest BCUT2D eigenvalue weighted by atomic mass is 16.3. The maximum Gasteiger partial charge on any atom is 0.0583 e. The molecule has 0 aliphatic carbocycles. The number of aromatic nitrogens is 2. The average Bonchev–Trinajstić information content (AvgIpc) is 2.77. The lowest BCUT2D eigenvalue weighted by Gasteiger charge is -2.12. The molecule has 3 nitrogen and oxygen atoms in total. The molecule has 2 aromatic rings. The Kier molecular flexibility index (Phi) is 4.38. The Hall–Kier alpha value is -1.61. The van der Waals surface area contributed by atoms with Crippen LogP contribution in [0.1, 0.15) is 28.7 Å². The van der Waals surface area contributed by atoms with Gasteiger partial charge in [-0.3, -0.25) is 4.68 Å². The van der Waals surface area contributed by atoms with Gasteiger partial charge in [-0.1, -0.05) is 23.8 Å². The van der Waals surface area contributed by atoms with E-state index in [1.54, 1.807) is 4.68 Å². The van der Waals surface area contributed by atoms with E-state index in [1.807, 2.05) is 19.4 Å². The number of aliphatic hydroxyl groups excluding tert-OH is 1. The third-order valence-corrected chi connectivity index (χ3v) is 3.48. The largest absolute Gasteiger partial charge is 0.393 e. The first-order valence-electron chi connectivity index (χ1n) is 6.76. The lowest BCUT2D eigenvalue weighted by atomic mass is 9.97. The summed E-state index contributed by atoms with van der Waals surface area (Å²) in [6.07, 6.45) is 5.96. The van der Waals surface area contributed by atoms with Crippen LogP contribution >= 0.6 is 0 Å². The summed E-state index contributed by atoms with van der Waals surface area (Å²) in [6, 6.07) is 6.40. The number of rotatable bonds is 5. The molecule has 1 aromatic carbocycles. The van der Waals surface area contributed by atoms with E-state index in [2.05, 4.69) is 37.1 Å². The SMILES string of the molecule is Cc1ccc(C)c(CC(O)CCc2cnn(C)c2)c1. The summed E-state index contributed by atoms with van der Waals surface area (Å²) in [5.41, 5.74) is 4.94. The molecule has 1 heterocycles. The second kappa shape index (κ2) is 6.02. The minimum Gasteiger partial charge on any atom is -0.393 e. The van der Waals surface area contributed by atoms with Crippen LogP contribution in [0.4, 0.5) is 0 Å². The number of hydrogen-bond donors (Lipinski definition) is 1. The van der Waals surface area contributed by atoms with E-state index in [-0.39, 0.29) is 6.10 Å². The molecule has 0 aliphatic rings. The zero-order valence-corrected chi connectivity index (χ0v) is 11.9. The van der Waals surface area contributed by atoms with Crippen molar-refractivity contribution in [1.29, 1.82) is 0 Å². The second-order valence-electron chi connectivity index (χ2n) is 5.35. The Labute approximate surface area is 114 Å². The van der Waals surface area contributed by atoms with Crippen molar-refractivity contribution < 1.29 is 5.11 Å². The van der Waals surface area contributed by atoms with Gasteiger partial charge in [-0.2, -0.15) is 5.10 Å². The first-order valence-corrected chi connectivity index (χ1v) is 6.76. The topological polar surface area (TPSA) is 38.1 Å². The van der Waals surface area contributed by atoms with Gasteiger partial charge < -0.3 is 5.11 Å². The highest BCUT2D eigenvalue weighted by Crippen LogP contribution is 2.15. The summed E-state index contributed by atoms with van der Waals surface area (Å²) in [6.45, 7) is 4.19. The van der Waals surface area contributed by atoms with Crippen molar-refractivity contribution in [1.82, 2.24) is 9.78 Å². The Morgan fingerprint density at radius 3 is 2.79 bits per heavy atom. The van der Waals surface area contributed by atoms with Crippen LogP contribution in [0.25, 0.3) is 0 Å². The van der Waals surface area contributed by atoms with E-state index in [9.17, 15) is 5.11 Å². The summed E-state index contributed by atoms with van der Waals surface area (Å²) in [4.78, 5) is 0. The molecule has 19 heavy (non-hydrogen) atoms. The maximum absolute atomic E-state index is 10.2. The van der Waals surface area contributed by atoms with Crippen molar-refractivity contribution in [2.45, 2.75) is 39.2 Å². The summed E-state index contributed by atoms with van der Waals surface area (Å²) in [7, 11) is 1.91. The lowest BCUT2D eigenvalue weighted by Crippen LogP contribution is -2.12. The van der Waals surface area contributed by atoms with Gasteiger partial charge in [-0.05, 0) is 49.8 Å². The van der Waals surface area contributed by atoms with Crippen molar-refractivity contribution in [3.63, 3.8) is 0 Å². The minimum absolute atomic E-state index is 0.291. The van der Waals surface area contributed by atoms with Gasteiger partial charge in [0.2, 0.25) is 0 Å². The third kappa shape index (κ3) is 3.93. The predicted molar refractivity (Wildman–Crippen MR) is 77.2 cm³/mol. The van der Waals surface area contributed by atoms with Gasteiger partial charge in [-0.25, -0.2) is 0 Å². The molecule has 1 aromatic heterocycles. The van der Waals surface area contributed by atoms with Crippen molar-refractivity contribution in [2.24, 2.45) is 7.05 Å². The van der Waals surface area contributed by atoms with Crippen molar-refractivity contribution in [2.75, 3.05) is 0 Å². The summed E-state index contributed by atoms with van der Waals surface area (Å²) >= 11 is 0. The highest BCUT2D eigenvalue weighted by molar-refractivity contribution is 5.30. The van der Waals surface area contributed by atoms with Gasteiger partial charge >= 0.3 is 0 Å². The van der Waals surface area contributed by atoms with E-state index in [0.29, 0.717) is 0 Å². The van der Waals surface area contributed by atoms with Gasteiger partial charge in [0.05, 0.1) is 12.3 Å². The molecular weight excluding hydrogens is 236 g/mol. The van der Waals surface area contributed by atoms with Crippen LogP contribution in [0.3, 0.4) is 0 Å². The normalized spacial score (nSPS) is 12.6. The minimum atomic E-state index is -0.291. The molecule has 3 heteroatoms. The second-order valence-corrected chi connectivity index (χ2v) is 5.35. The zero-order chi connectivity index (χ0) is 13.8. The molecule has 0 aliphatic heterocycles. The number of aryl methyl sites for hydroxylation is 4. The van der Waals surface area contributed by atoms with Gasteiger partial charge in [0.1, 0.15) is 0 Å². The maximum atomic E-state index is 10.2. The zero-order valence-electron chi connectivity index (χ0n) is 11.9. The van der Waals surface area contributed by atoms with Crippen LogP contribution in [-0.4, -0.2) is 21.0 Å². The monoisotopic (exact) mass is 258 g/mol. The molecule has 0 radical (unpaired) electrons. The van der Waals surface area contributed by atoms with Crippen molar-refractivity contribution in [3.8, 4) is 0 Å². The van der Waals surface area contributed by atoms with Crippen LogP contribution in [0, 0.1) is 13.8 Å². The van der Waals surface area contributed by atoms with Crippen LogP contribution in [0.2, 0.25) is 0 Å². The van der Waals surface area contributed by atoms with E-state index in [0.717, 1.165) is 19.3 Å². The highest BCUT2D eigenvalue weighted by Gasteiger charge is 2.09. The number of benzene rings is 1. The van der Waals surface area contributed by atoms with E-state index < -0.39 is 0 Å². The fourth-order valence-corrected chi connectivity index (χ4v) is 2.31. The van der Waals surface area contributed by atoms with Gasteiger partial charge in [0.15, 0.2) is 0 Å². The Morgan fingerprint density at radius 1 is 1.32 bits per heavy atom. The molecule has 1 atom stereocenters. The van der Waals surface area contributed by atoms with Crippen LogP contribution < -0.4 is 0 Å². The quantitative estimate of drug-likeness (QED) is 0.895. The Morgan fingerprint density at radius 2 is 2.11 bits per heavy atom. The molecular formula is C16H22N2O. The fourth-order valence-electron chi connectivity index (χ4n) is 2.31. The van der Waals surface area contributed by atoms with Gasteiger partial charge in [0, 0.05) is 13.2 Å². The van der Waals surface area contributed by atoms with Crippen LogP contribution in [0.5, 0.6) is 0 Å². The Balaban J connectivity index is 1.90. The smallest absolute Gasteiger partial charge is 0.0583 e. The number of aliphatic hydroxyl groups is 1. The summed E-state index contributed by atoms with van der Waals surface area (Å²) in [5, 5.41) is 14.3. The molecule has 0 amide bonds. The first kappa shape index (κ1) is 13.8. The number of nitrogens with zero attached hydrogens (tertiary/aromatic N) is 2. The molecule has 0 bridgehead atoms. The van der Waals surface area contributed by atoms with Crippen molar-refractivity contribution >= 4 is 0 Å². The molecule has 1 unspecified atom stereocenters. The molecule has 102 valence electrons. The Bertz CT molecular complexity index is 545. The summed E-state index contributed by atoms with van der Waals surface area (Å²) < 4.78 is 1.80. The first-order chi connectivity index (χ1) is 9.04. The molecule has 0 spiro atoms. The average molecular weight is 258 g/mol. The standard InChI is InChI=1S/C16H22N2O/c1-12-4-5-13(2)15(8-12)9-16(19)7-6-14-10-17-18(3)11-14/h4-5,8,10-11,16,19H,6-7,9H2,1-3H3. The predicted octanol–water partition coefficient (Wildman–Crippen LogP) is 2.57. The molecule has 1 N–H and O–H groups in total. The van der Waals surface area contributed by atoms with Gasteiger partial charge in [0.25, 0.3) is 0 Å². The van der Waals surface area contributed by atoms with Gasteiger partial charge in [-0.15, -0.1) is 0 Å². The third-order valence-electron chi connectivity index (χ3n) is 3.48. The lowest BCUT2D eigenvalue weighted by molar-refractivity contribution is 0.165. The van der Waals surface area contributed by atoms with E-state index in [4.69, 9.17) is 0 Å². The molecule has 0 fully saturated rings. The van der Waals surface area contributed by atoms with Crippen LogP contribution in [0.15, 0.2) is 30.6 Å². The molecule has 0 saturated heterocycles. The summed E-state index contributed by atoms with van der Waals surface area (Å²) in [5.74, 6) is 0.